The van der Waals surface area contributed by atoms with Crippen molar-refractivity contribution in [2.24, 2.45) is 0 Å². The van der Waals surface area contributed by atoms with E-state index in [1.54, 1.807) is 0 Å². The van der Waals surface area contributed by atoms with Crippen molar-refractivity contribution in [3.05, 3.63) is 218 Å². The fourth-order valence-corrected chi connectivity index (χ4v) is 9.98. The molecule has 2 N–H and O–H groups in total. The molecule has 0 atom stereocenters. The number of aromatic amines is 2. The highest BCUT2D eigenvalue weighted by Gasteiger charge is 2.27. The largest absolute Gasteiger partial charge is 0.354 e. The first-order valence-corrected chi connectivity index (χ1v) is 21.8. The number of H-pyrrole nitrogens is 2. The van der Waals surface area contributed by atoms with Crippen LogP contribution in [0.4, 0.5) is 0 Å². The highest BCUT2D eigenvalue weighted by molar-refractivity contribution is 6.21. The Labute approximate surface area is 369 Å². The van der Waals surface area contributed by atoms with E-state index in [1.165, 1.54) is 21.5 Å². The summed E-state index contributed by atoms with van der Waals surface area (Å²) >= 11 is 0. The molecular formula is C60H38N4. The maximum Gasteiger partial charge on any atom is 0.0816 e. The smallest absolute Gasteiger partial charge is 0.0816 e. The molecule has 8 aromatic carbocycles. The van der Waals surface area contributed by atoms with Gasteiger partial charge in [0.05, 0.1) is 33.8 Å². The van der Waals surface area contributed by atoms with Crippen LogP contribution < -0.4 is 0 Å². The zero-order chi connectivity index (χ0) is 42.1. The van der Waals surface area contributed by atoms with E-state index in [0.717, 1.165) is 111 Å². The lowest BCUT2D eigenvalue weighted by atomic mass is 9.92. The van der Waals surface area contributed by atoms with Crippen molar-refractivity contribution in [3.63, 3.8) is 0 Å². The van der Waals surface area contributed by atoms with Crippen LogP contribution in [0.2, 0.25) is 0 Å². The minimum absolute atomic E-state index is 0.889. The van der Waals surface area contributed by atoms with Crippen LogP contribution in [-0.2, 0) is 0 Å². The molecule has 13 rings (SSSR count). The predicted molar refractivity (Wildman–Crippen MR) is 269 cm³/mol. The van der Waals surface area contributed by atoms with Crippen LogP contribution in [0.15, 0.2) is 206 Å². The Morgan fingerprint density at radius 1 is 0.297 bits per heavy atom. The molecule has 5 heterocycles. The van der Waals surface area contributed by atoms with E-state index in [0.29, 0.717) is 0 Å². The van der Waals surface area contributed by atoms with Crippen molar-refractivity contribution in [2.75, 3.05) is 0 Å². The average Bonchev–Trinajstić information content (AvgIpc) is 4.17. The quantitative estimate of drug-likeness (QED) is 0.186. The van der Waals surface area contributed by atoms with Crippen molar-refractivity contribution >= 4 is 66.5 Å². The van der Waals surface area contributed by atoms with Gasteiger partial charge in [-0.05, 0) is 92.3 Å². The first-order chi connectivity index (χ1) is 31.7. The number of benzene rings is 8. The molecule has 2 aliphatic rings. The number of nitrogens with one attached hydrogen (secondary N) is 2. The summed E-state index contributed by atoms with van der Waals surface area (Å²) in [4.78, 5) is 19.6. The molecule has 4 nitrogen and oxygen atoms in total. The van der Waals surface area contributed by atoms with Gasteiger partial charge in [-0.3, -0.25) is 0 Å². The van der Waals surface area contributed by atoms with Crippen LogP contribution in [0.1, 0.15) is 11.4 Å². The van der Waals surface area contributed by atoms with Gasteiger partial charge in [-0.25, -0.2) is 9.97 Å². The molecule has 0 unspecified atom stereocenters. The Morgan fingerprint density at radius 3 is 1.19 bits per heavy atom. The second-order valence-electron chi connectivity index (χ2n) is 16.6. The summed E-state index contributed by atoms with van der Waals surface area (Å²) in [7, 11) is 0. The molecule has 0 spiro atoms. The second-order valence-corrected chi connectivity index (χ2v) is 16.6. The van der Waals surface area contributed by atoms with Crippen LogP contribution in [0.25, 0.3) is 134 Å². The molecule has 0 radical (unpaired) electrons. The third-order valence-electron chi connectivity index (χ3n) is 12.9. The number of fused-ring (bicyclic) bond motifs is 16. The van der Waals surface area contributed by atoms with Crippen LogP contribution >= 0.6 is 0 Å². The summed E-state index contributed by atoms with van der Waals surface area (Å²) in [6.07, 6.45) is 4.36. The highest BCUT2D eigenvalue weighted by atomic mass is 14.8. The second kappa shape index (κ2) is 14.5. The molecular weight excluding hydrogens is 777 g/mol. The molecule has 0 saturated heterocycles. The zero-order valence-corrected chi connectivity index (χ0v) is 34.7. The normalized spacial score (nSPS) is 12.0. The number of nitrogens with zero attached hydrogens (tertiary/aromatic N) is 2. The van der Waals surface area contributed by atoms with E-state index in [-0.39, 0.29) is 0 Å². The fourth-order valence-electron chi connectivity index (χ4n) is 9.98. The summed E-state index contributed by atoms with van der Waals surface area (Å²) in [5.41, 5.74) is 18.2. The van der Waals surface area contributed by atoms with Gasteiger partial charge in [-0.1, -0.05) is 170 Å². The Morgan fingerprint density at radius 2 is 0.672 bits per heavy atom. The Hall–Kier alpha value is -8.60. The first-order valence-electron chi connectivity index (χ1n) is 21.8. The summed E-state index contributed by atoms with van der Waals surface area (Å²) in [5.74, 6) is 0. The summed E-state index contributed by atoms with van der Waals surface area (Å²) in [5, 5.41) is 6.92. The summed E-state index contributed by atoms with van der Waals surface area (Å²) in [6.45, 7) is 0. The Bertz CT molecular complexity index is 3860. The van der Waals surface area contributed by atoms with Crippen molar-refractivity contribution in [2.45, 2.75) is 0 Å². The third-order valence-corrected chi connectivity index (χ3v) is 12.9. The van der Waals surface area contributed by atoms with Gasteiger partial charge in [-0.2, -0.15) is 0 Å². The van der Waals surface area contributed by atoms with Gasteiger partial charge in [-0.15, -0.1) is 0 Å². The van der Waals surface area contributed by atoms with E-state index in [2.05, 4.69) is 228 Å². The molecule has 0 amide bonds. The molecule has 0 fully saturated rings. The third kappa shape index (κ3) is 5.77. The molecule has 0 saturated carbocycles. The Balaban J connectivity index is 1.34. The maximum absolute atomic E-state index is 5.92. The monoisotopic (exact) mass is 814 g/mol. The number of rotatable bonds is 4. The number of hydrogen-bond donors (Lipinski definition) is 2. The summed E-state index contributed by atoms with van der Waals surface area (Å²) < 4.78 is 0. The lowest BCUT2D eigenvalue weighted by Crippen LogP contribution is -1.89. The van der Waals surface area contributed by atoms with E-state index in [1.807, 2.05) is 0 Å². The summed E-state index contributed by atoms with van der Waals surface area (Å²) in [6, 6.07) is 73.9. The standard InChI is InChI=1S/C60H38N4/c1-5-17-37(18-6-1)53-49-29-31-51(61-49)54(38-19-7-2-8-20-38)57-45-33-41-25-13-15-27-43(41)35-47(45)59(63-57)56(40-23-11-4-12-24-40)60-48-36-44-28-16-14-26-42(44)34-46(48)58(64-60)55(39-21-9-3-10-22-39)52-32-30-50(53)62-52/h1-36,61,64H. The average molecular weight is 815 g/mol. The molecule has 2 aliphatic heterocycles. The van der Waals surface area contributed by atoms with Crippen LogP contribution in [0.3, 0.4) is 0 Å². The van der Waals surface area contributed by atoms with Crippen molar-refractivity contribution in [3.8, 4) is 67.0 Å². The van der Waals surface area contributed by atoms with Crippen molar-refractivity contribution in [1.82, 2.24) is 19.9 Å². The molecule has 4 heteroatoms. The molecule has 11 aromatic rings. The van der Waals surface area contributed by atoms with Crippen LogP contribution in [0.5, 0.6) is 0 Å². The SMILES string of the molecule is C1=Cc2nc1c(-c1ccccc1)c1ccc([nH]1)c(-c1ccccc1)c1nc(c(-c3ccccc3)c3[nH]c(c2-c2ccccc2)c2cc4ccccc4cc32)-c2cc3ccccc3cc2-1. The molecule has 8 bridgehead atoms. The Kier molecular flexibility index (Phi) is 8.18. The fraction of sp³-hybridized carbons (Fsp3) is 0. The lowest BCUT2D eigenvalue weighted by Gasteiger charge is -2.10. The molecule has 0 aliphatic carbocycles. The molecule has 64 heavy (non-hydrogen) atoms. The van der Waals surface area contributed by atoms with Gasteiger partial charge in [0.15, 0.2) is 0 Å². The van der Waals surface area contributed by atoms with E-state index < -0.39 is 0 Å². The van der Waals surface area contributed by atoms with Crippen molar-refractivity contribution < 1.29 is 0 Å². The predicted octanol–water partition coefficient (Wildman–Crippen LogP) is 15.9. The molecule has 298 valence electrons. The van der Waals surface area contributed by atoms with Gasteiger partial charge < -0.3 is 9.97 Å². The van der Waals surface area contributed by atoms with Gasteiger partial charge in [0.1, 0.15) is 0 Å². The van der Waals surface area contributed by atoms with E-state index >= 15 is 0 Å². The zero-order valence-electron chi connectivity index (χ0n) is 34.7. The minimum Gasteiger partial charge on any atom is -0.354 e. The maximum atomic E-state index is 5.92. The van der Waals surface area contributed by atoms with E-state index in [4.69, 9.17) is 9.97 Å². The highest BCUT2D eigenvalue weighted by Crippen LogP contribution is 2.49. The number of aromatic nitrogens is 4. The topological polar surface area (TPSA) is 57.4 Å². The van der Waals surface area contributed by atoms with Gasteiger partial charge >= 0.3 is 0 Å². The van der Waals surface area contributed by atoms with Crippen LogP contribution in [0, 0.1) is 0 Å². The van der Waals surface area contributed by atoms with Crippen molar-refractivity contribution in [1.29, 1.82) is 0 Å². The van der Waals surface area contributed by atoms with Gasteiger partial charge in [0.25, 0.3) is 0 Å². The minimum atomic E-state index is 0.889. The number of hydrogen-bond acceptors (Lipinski definition) is 2. The lowest BCUT2D eigenvalue weighted by molar-refractivity contribution is 1.32. The van der Waals surface area contributed by atoms with E-state index in [9.17, 15) is 0 Å². The van der Waals surface area contributed by atoms with Gasteiger partial charge in [0.2, 0.25) is 0 Å². The van der Waals surface area contributed by atoms with Crippen LogP contribution in [-0.4, -0.2) is 19.9 Å². The molecule has 3 aromatic heterocycles. The van der Waals surface area contributed by atoms with Gasteiger partial charge in [0, 0.05) is 55.2 Å². The first kappa shape index (κ1) is 36.1.